The molecule has 2 aliphatic carbocycles. The van der Waals surface area contributed by atoms with Crippen molar-refractivity contribution in [1.82, 2.24) is 4.90 Å². The van der Waals surface area contributed by atoms with Crippen LogP contribution in [0.5, 0.6) is 0 Å². The van der Waals surface area contributed by atoms with Crippen LogP contribution in [0, 0.1) is 11.3 Å². The highest BCUT2D eigenvalue weighted by molar-refractivity contribution is 5.00. The van der Waals surface area contributed by atoms with Crippen molar-refractivity contribution in [1.29, 1.82) is 0 Å². The van der Waals surface area contributed by atoms with Crippen molar-refractivity contribution >= 4 is 0 Å². The van der Waals surface area contributed by atoms with E-state index in [9.17, 15) is 0 Å². The maximum atomic E-state index is 5.98. The summed E-state index contributed by atoms with van der Waals surface area (Å²) in [4.78, 5) is 2.79. The van der Waals surface area contributed by atoms with Gasteiger partial charge in [-0.1, -0.05) is 38.5 Å². The van der Waals surface area contributed by atoms with E-state index in [1.165, 1.54) is 77.3 Å². The third-order valence-corrected chi connectivity index (χ3v) is 5.88. The summed E-state index contributed by atoms with van der Waals surface area (Å²) in [5.74, 6) is 0.793. The van der Waals surface area contributed by atoms with E-state index in [-0.39, 0.29) is 0 Å². The average Bonchev–Trinajstić information content (AvgIpc) is 2.62. The molecular formula is C16H30N2. The highest BCUT2D eigenvalue weighted by atomic mass is 15.2. The van der Waals surface area contributed by atoms with Gasteiger partial charge in [0.2, 0.25) is 0 Å². The highest BCUT2D eigenvalue weighted by Crippen LogP contribution is 2.45. The van der Waals surface area contributed by atoms with Crippen LogP contribution in [-0.4, -0.2) is 30.6 Å². The van der Waals surface area contributed by atoms with Crippen LogP contribution in [0.4, 0.5) is 0 Å². The molecule has 18 heavy (non-hydrogen) atoms. The lowest BCUT2D eigenvalue weighted by molar-refractivity contribution is -0.0655. The second kappa shape index (κ2) is 5.50. The molecule has 0 aromatic carbocycles. The molecule has 0 amide bonds. The number of hydrogen-bond donors (Lipinski definition) is 1. The van der Waals surface area contributed by atoms with Gasteiger partial charge in [0, 0.05) is 19.1 Å². The van der Waals surface area contributed by atoms with Gasteiger partial charge in [-0.3, -0.25) is 4.90 Å². The first kappa shape index (κ1) is 12.9. The molecule has 1 saturated heterocycles. The minimum Gasteiger partial charge on any atom is -0.330 e. The van der Waals surface area contributed by atoms with E-state index in [1.54, 1.807) is 0 Å². The molecule has 0 aromatic rings. The van der Waals surface area contributed by atoms with E-state index in [0.29, 0.717) is 0 Å². The largest absolute Gasteiger partial charge is 0.330 e. The lowest BCUT2D eigenvalue weighted by Gasteiger charge is -2.56. The summed E-state index contributed by atoms with van der Waals surface area (Å²) < 4.78 is 0. The Kier molecular flexibility index (Phi) is 3.95. The minimum absolute atomic E-state index is 0.729. The summed E-state index contributed by atoms with van der Waals surface area (Å²) in [6.45, 7) is 3.70. The number of hydrogen-bond acceptors (Lipinski definition) is 2. The van der Waals surface area contributed by atoms with Gasteiger partial charge in [0.1, 0.15) is 0 Å². The molecule has 0 radical (unpaired) electrons. The second-order valence-electron chi connectivity index (χ2n) is 7.17. The predicted octanol–water partition coefficient (Wildman–Crippen LogP) is 3.16. The lowest BCUT2D eigenvalue weighted by Crippen LogP contribution is -2.62. The van der Waals surface area contributed by atoms with Crippen molar-refractivity contribution in [3.8, 4) is 0 Å². The molecule has 3 fully saturated rings. The summed E-state index contributed by atoms with van der Waals surface area (Å²) in [5, 5.41) is 0. The van der Waals surface area contributed by atoms with E-state index in [2.05, 4.69) is 4.90 Å². The van der Waals surface area contributed by atoms with Gasteiger partial charge in [-0.05, 0) is 43.6 Å². The lowest BCUT2D eigenvalue weighted by atomic mass is 9.70. The van der Waals surface area contributed by atoms with Gasteiger partial charge in [0.15, 0.2) is 0 Å². The Morgan fingerprint density at radius 1 is 0.889 bits per heavy atom. The zero-order valence-corrected chi connectivity index (χ0v) is 11.9. The quantitative estimate of drug-likeness (QED) is 0.815. The number of nitrogens with zero attached hydrogens (tertiary/aromatic N) is 1. The van der Waals surface area contributed by atoms with Crippen LogP contribution in [0.3, 0.4) is 0 Å². The fourth-order valence-electron chi connectivity index (χ4n) is 4.79. The van der Waals surface area contributed by atoms with E-state index in [1.807, 2.05) is 0 Å². The molecule has 2 nitrogen and oxygen atoms in total. The summed E-state index contributed by atoms with van der Waals surface area (Å²) in [7, 11) is 0. The normalized spacial score (nSPS) is 37.2. The highest BCUT2D eigenvalue weighted by Gasteiger charge is 2.46. The van der Waals surface area contributed by atoms with Crippen LogP contribution in [0.1, 0.15) is 64.2 Å². The van der Waals surface area contributed by atoms with Crippen molar-refractivity contribution in [3.63, 3.8) is 0 Å². The summed E-state index contributed by atoms with van der Waals surface area (Å²) >= 11 is 0. The van der Waals surface area contributed by atoms with Crippen LogP contribution >= 0.6 is 0 Å². The molecule has 104 valence electrons. The van der Waals surface area contributed by atoms with Crippen molar-refractivity contribution in [2.75, 3.05) is 19.6 Å². The summed E-state index contributed by atoms with van der Waals surface area (Å²) in [5.41, 5.74) is 6.71. The predicted molar refractivity (Wildman–Crippen MR) is 76.5 cm³/mol. The molecule has 2 atom stereocenters. The number of likely N-dealkylation sites (tertiary alicyclic amines) is 1. The zero-order valence-electron chi connectivity index (χ0n) is 11.9. The Morgan fingerprint density at radius 2 is 1.56 bits per heavy atom. The summed E-state index contributed by atoms with van der Waals surface area (Å²) in [6.07, 6.45) is 14.6. The molecule has 2 unspecified atom stereocenters. The second-order valence-corrected chi connectivity index (χ2v) is 7.17. The van der Waals surface area contributed by atoms with Gasteiger partial charge < -0.3 is 5.73 Å². The smallest absolute Gasteiger partial charge is 0.0136 e. The molecule has 1 spiro atoms. The van der Waals surface area contributed by atoms with Gasteiger partial charge in [-0.15, -0.1) is 0 Å². The molecular weight excluding hydrogens is 220 g/mol. The first-order chi connectivity index (χ1) is 8.83. The molecule has 0 aromatic heterocycles. The minimum atomic E-state index is 0.729. The van der Waals surface area contributed by atoms with Crippen molar-refractivity contribution in [3.05, 3.63) is 0 Å². The first-order valence-corrected chi connectivity index (χ1v) is 8.27. The molecule has 2 saturated carbocycles. The van der Waals surface area contributed by atoms with Crippen LogP contribution in [-0.2, 0) is 0 Å². The van der Waals surface area contributed by atoms with Crippen LogP contribution in [0.15, 0.2) is 0 Å². The van der Waals surface area contributed by atoms with Gasteiger partial charge in [0.05, 0.1) is 0 Å². The van der Waals surface area contributed by atoms with Crippen molar-refractivity contribution in [2.24, 2.45) is 17.1 Å². The van der Waals surface area contributed by atoms with E-state index in [4.69, 9.17) is 5.73 Å². The van der Waals surface area contributed by atoms with Crippen LogP contribution < -0.4 is 5.73 Å². The van der Waals surface area contributed by atoms with Gasteiger partial charge in [-0.2, -0.15) is 0 Å². The summed E-state index contributed by atoms with van der Waals surface area (Å²) in [6, 6.07) is 0.831. The van der Waals surface area contributed by atoms with E-state index in [0.717, 1.165) is 23.9 Å². The van der Waals surface area contributed by atoms with Gasteiger partial charge in [0.25, 0.3) is 0 Å². The molecule has 3 aliphatic rings. The number of nitrogens with two attached hydrogens (primary N) is 1. The molecule has 2 heteroatoms. The number of rotatable bonds is 2. The Hall–Kier alpha value is -0.0800. The topological polar surface area (TPSA) is 29.3 Å². The Labute approximate surface area is 112 Å². The van der Waals surface area contributed by atoms with Crippen LogP contribution in [0.2, 0.25) is 0 Å². The third-order valence-electron chi connectivity index (χ3n) is 5.88. The van der Waals surface area contributed by atoms with E-state index < -0.39 is 0 Å². The third kappa shape index (κ3) is 2.46. The van der Waals surface area contributed by atoms with Gasteiger partial charge in [-0.25, -0.2) is 0 Å². The monoisotopic (exact) mass is 250 g/mol. The molecule has 1 aliphatic heterocycles. The zero-order chi connectivity index (χ0) is 12.4. The standard InChI is InChI=1S/C16H30N2/c17-11-14-7-3-4-8-15(14)18-12-16(13-18)9-5-1-2-6-10-16/h14-15H,1-13,17H2. The van der Waals surface area contributed by atoms with Crippen molar-refractivity contribution < 1.29 is 0 Å². The average molecular weight is 250 g/mol. The Balaban J connectivity index is 1.56. The SMILES string of the molecule is NCC1CCCCC1N1CC2(CCCCCC2)C1. The van der Waals surface area contributed by atoms with Crippen molar-refractivity contribution in [2.45, 2.75) is 70.3 Å². The maximum Gasteiger partial charge on any atom is 0.0136 e. The molecule has 1 heterocycles. The van der Waals surface area contributed by atoms with Gasteiger partial charge >= 0.3 is 0 Å². The molecule has 2 N–H and O–H groups in total. The van der Waals surface area contributed by atoms with Crippen LogP contribution in [0.25, 0.3) is 0 Å². The fraction of sp³-hybridized carbons (Fsp3) is 1.00. The maximum absolute atomic E-state index is 5.98. The molecule has 0 bridgehead atoms. The fourth-order valence-corrected chi connectivity index (χ4v) is 4.79. The Morgan fingerprint density at radius 3 is 2.22 bits per heavy atom. The Bertz CT molecular complexity index is 260. The molecule has 3 rings (SSSR count). The first-order valence-electron chi connectivity index (χ1n) is 8.27. The van der Waals surface area contributed by atoms with E-state index >= 15 is 0 Å².